The number of aliphatic carboxylic acids is 1. The van der Waals surface area contributed by atoms with Gasteiger partial charge in [-0.1, -0.05) is 77.6 Å². The van der Waals surface area contributed by atoms with Gasteiger partial charge < -0.3 is 19.5 Å². The number of likely N-dealkylation sites (N-methyl/N-ethyl adjacent to an activating group) is 1. The highest BCUT2D eigenvalue weighted by Gasteiger charge is 2.19. The summed E-state index contributed by atoms with van der Waals surface area (Å²) in [5.41, 5.74) is 0. The molecular weight excluding hydrogens is 338 g/mol. The predicted octanol–water partition coefficient (Wildman–Crippen LogP) is 4.44. The van der Waals surface area contributed by atoms with Crippen molar-refractivity contribution in [2.24, 2.45) is 0 Å². The molecule has 0 aromatic heterocycles. The highest BCUT2D eigenvalue weighted by atomic mass is 16.4. The Morgan fingerprint density at radius 3 is 1.85 bits per heavy atom. The molecule has 0 spiro atoms. The Kier molecular flexibility index (Phi) is 17.1. The molecule has 4 nitrogen and oxygen atoms in total. The van der Waals surface area contributed by atoms with Crippen LogP contribution in [0.4, 0.5) is 0 Å². The summed E-state index contributed by atoms with van der Waals surface area (Å²) < 4.78 is 0.873. The summed E-state index contributed by atoms with van der Waals surface area (Å²) in [5.74, 6) is -0.936. The van der Waals surface area contributed by atoms with Crippen molar-refractivity contribution in [1.29, 1.82) is 0 Å². The van der Waals surface area contributed by atoms with Crippen LogP contribution < -0.4 is 5.11 Å². The lowest BCUT2D eigenvalue weighted by Crippen LogP contribution is -2.45. The normalized spacial score (nSPS) is 13.0. The van der Waals surface area contributed by atoms with Crippen LogP contribution >= 0.6 is 0 Å². The number of carbonyl (C=O) groups is 1. The zero-order valence-electron chi connectivity index (χ0n) is 18.5. The minimum Gasteiger partial charge on any atom is -0.550 e. The summed E-state index contributed by atoms with van der Waals surface area (Å²) in [6, 6.07) is 0. The number of quaternary nitrogens is 1. The number of carboxylic acid groups (broad SMARTS) is 1. The Morgan fingerprint density at radius 1 is 0.815 bits per heavy atom. The molecule has 0 bridgehead atoms. The molecule has 0 aromatic carbocycles. The number of carbonyl (C=O) groups excluding carboxylic acids is 1. The van der Waals surface area contributed by atoms with Crippen LogP contribution in [0.1, 0.15) is 110 Å². The van der Waals surface area contributed by atoms with Gasteiger partial charge in [-0.15, -0.1) is 0 Å². The van der Waals surface area contributed by atoms with Crippen molar-refractivity contribution in [1.82, 2.24) is 0 Å². The van der Waals surface area contributed by atoms with Crippen LogP contribution in [-0.4, -0.2) is 48.8 Å². The molecule has 0 saturated carbocycles. The summed E-state index contributed by atoms with van der Waals surface area (Å²) in [7, 11) is 4.41. The molecule has 1 atom stereocenters. The molecular formula is C23H47NO3. The van der Waals surface area contributed by atoms with Gasteiger partial charge in [-0.05, 0) is 32.1 Å². The van der Waals surface area contributed by atoms with Crippen LogP contribution in [0.2, 0.25) is 0 Å². The molecule has 0 amide bonds. The largest absolute Gasteiger partial charge is 0.550 e. The Bertz CT molecular complexity index is 345. The molecule has 0 aliphatic carbocycles. The van der Waals surface area contributed by atoms with E-state index in [4.69, 9.17) is 0 Å². The van der Waals surface area contributed by atoms with Gasteiger partial charge >= 0.3 is 0 Å². The lowest BCUT2D eigenvalue weighted by atomic mass is 10.0. The molecule has 1 unspecified atom stereocenters. The number of hydrogen-bond donors (Lipinski definition) is 1. The summed E-state index contributed by atoms with van der Waals surface area (Å²) >= 11 is 0. The molecule has 27 heavy (non-hydrogen) atoms. The Balaban J connectivity index is 3.54. The van der Waals surface area contributed by atoms with E-state index in [2.05, 4.69) is 21.0 Å². The second-order valence-electron chi connectivity index (χ2n) is 9.00. The molecule has 0 aliphatic rings. The lowest BCUT2D eigenvalue weighted by molar-refractivity contribution is -0.893. The molecule has 0 radical (unpaired) electrons. The van der Waals surface area contributed by atoms with Crippen LogP contribution in [0.15, 0.2) is 0 Å². The Morgan fingerprint density at radius 2 is 1.30 bits per heavy atom. The number of rotatable bonds is 20. The maximum absolute atomic E-state index is 10.4. The van der Waals surface area contributed by atoms with Gasteiger partial charge in [-0.25, -0.2) is 0 Å². The van der Waals surface area contributed by atoms with Crippen molar-refractivity contribution in [3.8, 4) is 0 Å². The highest BCUT2D eigenvalue weighted by molar-refractivity contribution is 5.63. The van der Waals surface area contributed by atoms with E-state index in [-0.39, 0.29) is 12.5 Å². The Hall–Kier alpha value is -0.610. The average Bonchev–Trinajstić information content (AvgIpc) is 2.58. The van der Waals surface area contributed by atoms with Crippen LogP contribution in [0.25, 0.3) is 0 Å². The molecule has 4 heteroatoms. The number of aliphatic hydroxyl groups excluding tert-OH is 1. The van der Waals surface area contributed by atoms with E-state index in [9.17, 15) is 15.0 Å². The number of nitrogens with zero attached hydrogens (tertiary/aromatic N) is 1. The maximum atomic E-state index is 10.4. The number of carboxylic acids is 1. The summed E-state index contributed by atoms with van der Waals surface area (Å²) in [4.78, 5) is 10.4. The fraction of sp³-hybridized carbons (Fsp3) is 0.957. The predicted molar refractivity (Wildman–Crippen MR) is 112 cm³/mol. The SMILES string of the molecule is CCCCCCCCCCCC(O)C[N+](C)(C)CCCCCCCC(=O)[O-]. The van der Waals surface area contributed by atoms with Crippen molar-refractivity contribution < 1.29 is 19.5 Å². The second-order valence-corrected chi connectivity index (χ2v) is 9.00. The van der Waals surface area contributed by atoms with Crippen molar-refractivity contribution >= 4 is 5.97 Å². The van der Waals surface area contributed by atoms with E-state index in [1.165, 1.54) is 51.4 Å². The summed E-state index contributed by atoms with van der Waals surface area (Å²) in [5, 5.41) is 20.7. The third-order valence-electron chi connectivity index (χ3n) is 5.49. The molecule has 1 N–H and O–H groups in total. The molecule has 0 saturated heterocycles. The monoisotopic (exact) mass is 385 g/mol. The van der Waals surface area contributed by atoms with Gasteiger partial charge in [0.1, 0.15) is 12.6 Å². The fourth-order valence-corrected chi connectivity index (χ4v) is 3.78. The summed E-state index contributed by atoms with van der Waals surface area (Å²) in [6.45, 7) is 4.17. The molecule has 162 valence electrons. The first-order chi connectivity index (χ1) is 12.9. The molecule has 0 aromatic rings. The molecule has 0 rings (SSSR count). The number of unbranched alkanes of at least 4 members (excludes halogenated alkanes) is 12. The minimum absolute atomic E-state index is 0.187. The maximum Gasteiger partial charge on any atom is 0.105 e. The third kappa shape index (κ3) is 19.9. The smallest absolute Gasteiger partial charge is 0.105 e. The fourth-order valence-electron chi connectivity index (χ4n) is 3.78. The van der Waals surface area contributed by atoms with E-state index >= 15 is 0 Å². The van der Waals surface area contributed by atoms with E-state index in [1.54, 1.807) is 0 Å². The van der Waals surface area contributed by atoms with Crippen LogP contribution in [-0.2, 0) is 4.79 Å². The van der Waals surface area contributed by atoms with E-state index in [0.717, 1.165) is 62.5 Å². The Labute approximate surface area is 168 Å². The second kappa shape index (κ2) is 17.5. The van der Waals surface area contributed by atoms with Gasteiger partial charge in [-0.2, -0.15) is 0 Å². The molecule has 0 heterocycles. The van der Waals surface area contributed by atoms with Gasteiger partial charge in [0.15, 0.2) is 0 Å². The van der Waals surface area contributed by atoms with Crippen LogP contribution in [0.3, 0.4) is 0 Å². The first-order valence-electron chi connectivity index (χ1n) is 11.6. The van der Waals surface area contributed by atoms with Crippen LogP contribution in [0, 0.1) is 0 Å². The highest BCUT2D eigenvalue weighted by Crippen LogP contribution is 2.14. The lowest BCUT2D eigenvalue weighted by Gasteiger charge is -2.32. The van der Waals surface area contributed by atoms with Gasteiger partial charge in [0.2, 0.25) is 0 Å². The van der Waals surface area contributed by atoms with E-state index < -0.39 is 5.97 Å². The van der Waals surface area contributed by atoms with E-state index in [1.807, 2.05) is 0 Å². The number of aliphatic hydroxyl groups is 1. The average molecular weight is 386 g/mol. The van der Waals surface area contributed by atoms with Crippen LogP contribution in [0.5, 0.6) is 0 Å². The minimum atomic E-state index is -0.936. The quantitative estimate of drug-likeness (QED) is 0.249. The van der Waals surface area contributed by atoms with Gasteiger partial charge in [0, 0.05) is 5.97 Å². The van der Waals surface area contributed by atoms with Crippen molar-refractivity contribution in [2.75, 3.05) is 27.2 Å². The van der Waals surface area contributed by atoms with Crippen molar-refractivity contribution in [3.05, 3.63) is 0 Å². The standard InChI is InChI=1S/C23H47NO3/c1-4-5-6-7-8-9-10-12-15-18-22(25)21-24(2,3)20-17-14-11-13-16-19-23(26)27/h22,25H,4-21H2,1-3H3. The zero-order chi connectivity index (χ0) is 20.4. The first-order valence-corrected chi connectivity index (χ1v) is 11.6. The van der Waals surface area contributed by atoms with Gasteiger partial charge in [0.05, 0.1) is 20.6 Å². The summed E-state index contributed by atoms with van der Waals surface area (Å²) in [6.07, 6.45) is 17.9. The van der Waals surface area contributed by atoms with Crippen molar-refractivity contribution in [2.45, 2.75) is 116 Å². The third-order valence-corrected chi connectivity index (χ3v) is 5.49. The molecule has 0 fully saturated rings. The topological polar surface area (TPSA) is 60.4 Å². The number of hydrogen-bond acceptors (Lipinski definition) is 3. The molecule has 0 aliphatic heterocycles. The van der Waals surface area contributed by atoms with E-state index in [0.29, 0.717) is 0 Å². The van der Waals surface area contributed by atoms with Gasteiger partial charge in [0.25, 0.3) is 0 Å². The first kappa shape index (κ1) is 26.4. The van der Waals surface area contributed by atoms with Gasteiger partial charge in [-0.3, -0.25) is 0 Å². The van der Waals surface area contributed by atoms with Crippen molar-refractivity contribution in [3.63, 3.8) is 0 Å². The zero-order valence-corrected chi connectivity index (χ0v) is 18.5.